The number of rotatable bonds is 8. The van der Waals surface area contributed by atoms with E-state index in [1.54, 1.807) is 0 Å². The maximum absolute atomic E-state index is 13.5. The second-order valence-corrected chi connectivity index (χ2v) is 11.1. The van der Waals surface area contributed by atoms with Crippen molar-refractivity contribution in [3.63, 3.8) is 0 Å². The molecule has 0 saturated heterocycles. The van der Waals surface area contributed by atoms with Gasteiger partial charge in [-0.2, -0.15) is 0 Å². The molecule has 1 aromatic heterocycles. The zero-order valence-electron chi connectivity index (χ0n) is 21.3. The molecule has 1 aromatic carbocycles. The van der Waals surface area contributed by atoms with Gasteiger partial charge in [0, 0.05) is 24.7 Å². The van der Waals surface area contributed by atoms with Gasteiger partial charge in [-0.25, -0.2) is 0 Å². The summed E-state index contributed by atoms with van der Waals surface area (Å²) in [7, 11) is 1.90. The largest absolute Gasteiger partial charge is 0.342 e. The van der Waals surface area contributed by atoms with Crippen molar-refractivity contribution >= 4 is 23.6 Å². The summed E-state index contributed by atoms with van der Waals surface area (Å²) in [6.45, 7) is 3.88. The van der Waals surface area contributed by atoms with Crippen molar-refractivity contribution in [3.05, 3.63) is 41.2 Å². The molecule has 7 nitrogen and oxygen atoms in total. The van der Waals surface area contributed by atoms with E-state index in [0.717, 1.165) is 31.2 Å². The van der Waals surface area contributed by atoms with Gasteiger partial charge in [0.1, 0.15) is 0 Å². The molecule has 0 radical (unpaired) electrons. The average molecular weight is 498 g/mol. The van der Waals surface area contributed by atoms with E-state index in [1.807, 2.05) is 49.7 Å². The number of thioether (sulfide) groups is 1. The number of carbonyl (C=O) groups excluding carboxylic acids is 2. The minimum Gasteiger partial charge on any atom is -0.342 e. The van der Waals surface area contributed by atoms with Gasteiger partial charge in [0.15, 0.2) is 11.0 Å². The highest BCUT2D eigenvalue weighted by atomic mass is 32.2. The fraction of sp³-hybridized carbons (Fsp3) is 0.630. The quantitative estimate of drug-likeness (QED) is 0.507. The molecule has 2 saturated carbocycles. The second-order valence-electron chi connectivity index (χ2n) is 10.1. The molecular formula is C27H39N5O2S. The van der Waals surface area contributed by atoms with Crippen LogP contribution in [-0.4, -0.2) is 49.3 Å². The third kappa shape index (κ3) is 6.46. The summed E-state index contributed by atoms with van der Waals surface area (Å²) in [6.07, 6.45) is 12.0. The molecule has 190 valence electrons. The molecule has 0 bridgehead atoms. The first-order valence-electron chi connectivity index (χ1n) is 13.1. The zero-order chi connectivity index (χ0) is 24.8. The molecule has 0 aliphatic heterocycles. The maximum atomic E-state index is 13.5. The Hall–Kier alpha value is -2.35. The molecular weight excluding hydrogens is 458 g/mol. The molecule has 35 heavy (non-hydrogen) atoms. The fourth-order valence-electron chi connectivity index (χ4n) is 5.58. The van der Waals surface area contributed by atoms with Crippen LogP contribution >= 0.6 is 11.8 Å². The molecule has 2 amide bonds. The summed E-state index contributed by atoms with van der Waals surface area (Å²) in [6, 6.07) is 8.02. The molecule has 2 aliphatic carbocycles. The van der Waals surface area contributed by atoms with Gasteiger partial charge in [0.25, 0.3) is 5.91 Å². The Morgan fingerprint density at radius 1 is 1.06 bits per heavy atom. The van der Waals surface area contributed by atoms with Crippen LogP contribution in [0, 0.1) is 6.92 Å². The molecule has 1 N–H and O–H groups in total. The molecule has 1 heterocycles. The van der Waals surface area contributed by atoms with Crippen LogP contribution in [0.2, 0.25) is 0 Å². The summed E-state index contributed by atoms with van der Waals surface area (Å²) in [5, 5.41) is 12.4. The smallest absolute Gasteiger partial charge is 0.251 e. The first-order chi connectivity index (χ1) is 16.9. The van der Waals surface area contributed by atoms with Crippen molar-refractivity contribution in [2.24, 2.45) is 7.05 Å². The first-order valence-corrected chi connectivity index (χ1v) is 14.1. The van der Waals surface area contributed by atoms with E-state index in [9.17, 15) is 9.59 Å². The van der Waals surface area contributed by atoms with Gasteiger partial charge in [-0.1, -0.05) is 68.0 Å². The Bertz CT molecular complexity index is 993. The predicted octanol–water partition coefficient (Wildman–Crippen LogP) is 5.20. The van der Waals surface area contributed by atoms with Gasteiger partial charge < -0.3 is 14.8 Å². The Labute approximate surface area is 213 Å². The third-order valence-corrected chi connectivity index (χ3v) is 8.44. The maximum Gasteiger partial charge on any atom is 0.251 e. The van der Waals surface area contributed by atoms with E-state index in [-0.39, 0.29) is 17.9 Å². The topological polar surface area (TPSA) is 80.1 Å². The van der Waals surface area contributed by atoms with Gasteiger partial charge in [0.05, 0.1) is 11.8 Å². The van der Waals surface area contributed by atoms with E-state index in [0.29, 0.717) is 34.4 Å². The van der Waals surface area contributed by atoms with E-state index < -0.39 is 0 Å². The van der Waals surface area contributed by atoms with Gasteiger partial charge in [0.2, 0.25) is 5.91 Å². The average Bonchev–Trinajstić information content (AvgIpc) is 3.24. The number of carbonyl (C=O) groups is 2. The Morgan fingerprint density at radius 3 is 2.29 bits per heavy atom. The highest BCUT2D eigenvalue weighted by Crippen LogP contribution is 2.31. The van der Waals surface area contributed by atoms with Gasteiger partial charge in [-0.05, 0) is 51.7 Å². The van der Waals surface area contributed by atoms with E-state index in [1.165, 1.54) is 50.3 Å². The monoisotopic (exact) mass is 497 g/mol. The van der Waals surface area contributed by atoms with E-state index in [2.05, 4.69) is 20.4 Å². The number of aromatic nitrogens is 3. The van der Waals surface area contributed by atoms with Gasteiger partial charge in [-0.3, -0.25) is 9.59 Å². The number of aryl methyl sites for hydroxylation is 1. The van der Waals surface area contributed by atoms with Crippen molar-refractivity contribution in [3.8, 4) is 0 Å². The lowest BCUT2D eigenvalue weighted by molar-refractivity contribution is -0.135. The van der Waals surface area contributed by atoms with E-state index >= 15 is 0 Å². The fourth-order valence-corrected chi connectivity index (χ4v) is 6.37. The molecule has 1 atom stereocenters. The summed E-state index contributed by atoms with van der Waals surface area (Å²) in [5.74, 6) is 1.16. The SMILES string of the molecule is Cc1cccc(C(=O)N[C@H](C)c2nnc(SCC(=O)N(C3CCCCC3)C3CCCCC3)n2C)c1. The van der Waals surface area contributed by atoms with Crippen LogP contribution in [-0.2, 0) is 11.8 Å². The minimum absolute atomic E-state index is 0.135. The van der Waals surface area contributed by atoms with Crippen molar-refractivity contribution in [2.75, 3.05) is 5.75 Å². The number of nitrogens with one attached hydrogen (secondary N) is 1. The highest BCUT2D eigenvalue weighted by molar-refractivity contribution is 7.99. The number of hydrogen-bond donors (Lipinski definition) is 1. The second kappa shape index (κ2) is 12.1. The molecule has 2 fully saturated rings. The number of nitrogens with zero attached hydrogens (tertiary/aromatic N) is 4. The van der Waals surface area contributed by atoms with E-state index in [4.69, 9.17) is 0 Å². The van der Waals surface area contributed by atoms with Crippen LogP contribution in [0.5, 0.6) is 0 Å². The zero-order valence-corrected chi connectivity index (χ0v) is 22.1. The third-order valence-electron chi connectivity index (χ3n) is 7.43. The molecule has 0 unspecified atom stereocenters. The number of hydrogen-bond acceptors (Lipinski definition) is 5. The lowest BCUT2D eigenvalue weighted by Crippen LogP contribution is -2.49. The van der Waals surface area contributed by atoms with Crippen LogP contribution < -0.4 is 5.32 Å². The van der Waals surface area contributed by atoms with Gasteiger partial charge >= 0.3 is 0 Å². The molecule has 2 aromatic rings. The van der Waals surface area contributed by atoms with Crippen molar-refractivity contribution in [1.29, 1.82) is 0 Å². The molecule has 2 aliphatic rings. The molecule has 4 rings (SSSR count). The predicted molar refractivity (Wildman–Crippen MR) is 139 cm³/mol. The summed E-state index contributed by atoms with van der Waals surface area (Å²) < 4.78 is 1.89. The van der Waals surface area contributed by atoms with Crippen LogP contribution in [0.4, 0.5) is 0 Å². The van der Waals surface area contributed by atoms with Crippen LogP contribution in [0.25, 0.3) is 0 Å². The van der Waals surface area contributed by atoms with Crippen LogP contribution in [0.1, 0.15) is 98.9 Å². The van der Waals surface area contributed by atoms with Crippen molar-refractivity contribution < 1.29 is 9.59 Å². The van der Waals surface area contributed by atoms with Crippen LogP contribution in [0.3, 0.4) is 0 Å². The van der Waals surface area contributed by atoms with Crippen molar-refractivity contribution in [2.45, 2.75) is 101 Å². The Morgan fingerprint density at radius 2 is 1.69 bits per heavy atom. The molecule has 0 spiro atoms. The summed E-state index contributed by atoms with van der Waals surface area (Å²) in [4.78, 5) is 28.4. The normalized spacial score (nSPS) is 18.3. The summed E-state index contributed by atoms with van der Waals surface area (Å²) >= 11 is 1.45. The lowest BCUT2D eigenvalue weighted by Gasteiger charge is -2.41. The number of benzene rings is 1. The number of amides is 2. The van der Waals surface area contributed by atoms with Gasteiger partial charge in [-0.15, -0.1) is 10.2 Å². The minimum atomic E-state index is -0.300. The van der Waals surface area contributed by atoms with Crippen LogP contribution in [0.15, 0.2) is 29.4 Å². The Kier molecular flexibility index (Phi) is 8.87. The Balaban J connectivity index is 1.38. The molecule has 8 heteroatoms. The first kappa shape index (κ1) is 25.7. The lowest BCUT2D eigenvalue weighted by atomic mass is 9.88. The standard InChI is InChI=1S/C27H39N5O2S/c1-19-11-10-12-21(17-19)26(34)28-20(2)25-29-30-27(31(25)3)35-18-24(33)32(22-13-6-4-7-14-22)23-15-8-5-9-16-23/h10-12,17,20,22-23H,4-9,13-16,18H2,1-3H3,(H,28,34)/t20-/m1/s1. The summed E-state index contributed by atoms with van der Waals surface area (Å²) in [5.41, 5.74) is 1.67. The highest BCUT2D eigenvalue weighted by Gasteiger charge is 2.32. The van der Waals surface area contributed by atoms with Crippen molar-refractivity contribution in [1.82, 2.24) is 25.0 Å².